The van der Waals surface area contributed by atoms with E-state index in [0.717, 1.165) is 23.7 Å². The number of carbonyl (C=O) groups excluding carboxylic acids is 3. The van der Waals surface area contributed by atoms with E-state index in [9.17, 15) is 14.4 Å². The quantitative estimate of drug-likeness (QED) is 0.0529. The van der Waals surface area contributed by atoms with Crippen LogP contribution in [0.25, 0.3) is 0 Å². The minimum Gasteiger partial charge on any atom is -0.493 e. The number of nitrogens with zero attached hydrogens (tertiary/aromatic N) is 1. The largest absolute Gasteiger partial charge is 0.493 e. The van der Waals surface area contributed by atoms with Crippen molar-refractivity contribution in [3.8, 4) is 17.2 Å². The van der Waals surface area contributed by atoms with Gasteiger partial charge in [-0.3, -0.25) is 9.59 Å². The van der Waals surface area contributed by atoms with Crippen LogP contribution in [-0.2, 0) is 9.59 Å². The number of hydrazone groups is 1. The molecular formula is C32H44BrN3O6. The monoisotopic (exact) mass is 645 g/mol. The van der Waals surface area contributed by atoms with Gasteiger partial charge in [0.05, 0.1) is 32.5 Å². The summed E-state index contributed by atoms with van der Waals surface area (Å²) in [7, 11) is 2.99. The molecule has 2 N–H and O–H groups in total. The number of esters is 1. The molecule has 2 aromatic carbocycles. The molecule has 0 bridgehead atoms. The number of amides is 2. The summed E-state index contributed by atoms with van der Waals surface area (Å²) in [6.07, 6.45) is 15.2. The highest BCUT2D eigenvalue weighted by molar-refractivity contribution is 9.10. The van der Waals surface area contributed by atoms with Crippen LogP contribution in [0, 0.1) is 0 Å². The van der Waals surface area contributed by atoms with Crippen LogP contribution in [0.2, 0.25) is 0 Å². The Morgan fingerprint density at radius 2 is 1.40 bits per heavy atom. The highest BCUT2D eigenvalue weighted by Crippen LogP contribution is 2.29. The minimum atomic E-state index is -0.600. The van der Waals surface area contributed by atoms with E-state index < -0.39 is 11.9 Å². The molecule has 0 aliphatic rings. The number of rotatable bonds is 20. The number of benzene rings is 2. The molecule has 2 aromatic rings. The molecule has 230 valence electrons. The zero-order chi connectivity index (χ0) is 30.6. The zero-order valence-electron chi connectivity index (χ0n) is 25.0. The lowest BCUT2D eigenvalue weighted by atomic mass is 10.1. The van der Waals surface area contributed by atoms with Gasteiger partial charge >= 0.3 is 5.97 Å². The first-order valence-electron chi connectivity index (χ1n) is 14.7. The second-order valence-electron chi connectivity index (χ2n) is 10.00. The number of carbonyl (C=O) groups is 3. The minimum absolute atomic E-state index is 0.151. The second kappa shape index (κ2) is 20.5. The molecule has 0 aromatic heterocycles. The van der Waals surface area contributed by atoms with Crippen molar-refractivity contribution in [1.29, 1.82) is 0 Å². The van der Waals surface area contributed by atoms with Crippen molar-refractivity contribution in [2.24, 2.45) is 5.10 Å². The predicted octanol–water partition coefficient (Wildman–Crippen LogP) is 6.95. The number of hydrogen-bond donors (Lipinski definition) is 2. The van der Waals surface area contributed by atoms with E-state index in [2.05, 4.69) is 38.7 Å². The Labute approximate surface area is 257 Å². The molecule has 9 nitrogen and oxygen atoms in total. The van der Waals surface area contributed by atoms with Crippen LogP contribution in [0.15, 0.2) is 46.0 Å². The molecule has 2 amide bonds. The molecule has 0 radical (unpaired) electrons. The third-order valence-corrected chi connectivity index (χ3v) is 7.13. The van der Waals surface area contributed by atoms with Gasteiger partial charge in [-0.15, -0.1) is 0 Å². The van der Waals surface area contributed by atoms with Gasteiger partial charge in [0.15, 0.2) is 11.5 Å². The molecule has 0 aliphatic carbocycles. The molecule has 0 unspecified atom stereocenters. The molecule has 10 heteroatoms. The van der Waals surface area contributed by atoms with Gasteiger partial charge in [0, 0.05) is 16.5 Å². The van der Waals surface area contributed by atoms with Crippen molar-refractivity contribution in [3.05, 3.63) is 52.0 Å². The maximum Gasteiger partial charge on any atom is 0.343 e. The number of nitrogens with one attached hydrogen (secondary N) is 2. The van der Waals surface area contributed by atoms with Crippen molar-refractivity contribution >= 4 is 39.9 Å². The van der Waals surface area contributed by atoms with Gasteiger partial charge in [0.25, 0.3) is 5.91 Å². The summed E-state index contributed by atoms with van der Waals surface area (Å²) in [6.45, 7) is 2.06. The van der Waals surface area contributed by atoms with Gasteiger partial charge in [-0.05, 0) is 42.8 Å². The Morgan fingerprint density at radius 3 is 2.05 bits per heavy atom. The van der Waals surface area contributed by atoms with E-state index in [1.165, 1.54) is 77.9 Å². The number of unbranched alkanes of at least 4 members (excludes halogenated alkanes) is 10. The molecule has 0 saturated carbocycles. The maximum absolute atomic E-state index is 12.8. The van der Waals surface area contributed by atoms with E-state index in [4.69, 9.17) is 14.2 Å². The van der Waals surface area contributed by atoms with Crippen LogP contribution in [0.1, 0.15) is 99.9 Å². The summed E-state index contributed by atoms with van der Waals surface area (Å²) in [5, 5.41) is 6.59. The molecule has 0 aliphatic heterocycles. The van der Waals surface area contributed by atoms with Crippen LogP contribution < -0.4 is 25.0 Å². The summed E-state index contributed by atoms with van der Waals surface area (Å²) < 4.78 is 16.8. The first kappa shape index (κ1) is 34.8. The number of halogens is 1. The SMILES string of the molecule is CCCCCCCCCCCCCC(=O)NCC(=O)N/N=C\c1cc(Br)ccc1OC(=O)c1ccc(OC)c(OC)c1. The third kappa shape index (κ3) is 13.5. The van der Waals surface area contributed by atoms with Crippen LogP contribution in [0.3, 0.4) is 0 Å². The van der Waals surface area contributed by atoms with Crippen molar-refractivity contribution < 1.29 is 28.6 Å². The van der Waals surface area contributed by atoms with Crippen LogP contribution in [0.4, 0.5) is 0 Å². The Balaban J connectivity index is 1.72. The standard InChI is InChI=1S/C32H44BrN3O6/c1-4-5-6-7-8-9-10-11-12-13-14-15-30(37)34-23-31(38)36-35-22-25-20-26(33)17-19-27(25)42-32(39)24-16-18-28(40-2)29(21-24)41-3/h16-22H,4-15,23H2,1-3H3,(H,34,37)(H,36,38)/b35-22-. The van der Waals surface area contributed by atoms with E-state index in [-0.39, 0.29) is 23.8 Å². The van der Waals surface area contributed by atoms with E-state index in [1.807, 2.05) is 0 Å². The zero-order valence-corrected chi connectivity index (χ0v) is 26.6. The van der Waals surface area contributed by atoms with E-state index >= 15 is 0 Å². The molecular weight excluding hydrogens is 602 g/mol. The van der Waals surface area contributed by atoms with Crippen molar-refractivity contribution in [2.75, 3.05) is 20.8 Å². The third-order valence-electron chi connectivity index (χ3n) is 6.64. The van der Waals surface area contributed by atoms with Gasteiger partial charge in [0.2, 0.25) is 5.91 Å². The first-order chi connectivity index (χ1) is 20.4. The van der Waals surface area contributed by atoms with Gasteiger partial charge in [-0.2, -0.15) is 5.10 Å². The van der Waals surface area contributed by atoms with Crippen molar-refractivity contribution in [2.45, 2.75) is 84.0 Å². The fourth-order valence-corrected chi connectivity index (χ4v) is 4.64. The van der Waals surface area contributed by atoms with E-state index in [0.29, 0.717) is 23.5 Å². The Bertz CT molecular complexity index is 1170. The molecule has 0 heterocycles. The lowest BCUT2D eigenvalue weighted by molar-refractivity contribution is -0.126. The van der Waals surface area contributed by atoms with Crippen molar-refractivity contribution in [1.82, 2.24) is 10.7 Å². The normalized spacial score (nSPS) is 10.9. The topological polar surface area (TPSA) is 115 Å². The fourth-order valence-electron chi connectivity index (χ4n) is 4.27. The number of hydrogen-bond acceptors (Lipinski definition) is 7. The van der Waals surface area contributed by atoms with Gasteiger partial charge in [0.1, 0.15) is 5.75 Å². The summed E-state index contributed by atoms with van der Waals surface area (Å²) in [4.78, 5) is 37.0. The predicted molar refractivity (Wildman–Crippen MR) is 168 cm³/mol. The van der Waals surface area contributed by atoms with Crippen LogP contribution in [0.5, 0.6) is 17.2 Å². The van der Waals surface area contributed by atoms with Crippen LogP contribution in [-0.4, -0.2) is 44.8 Å². The molecule has 0 saturated heterocycles. The molecule has 0 spiro atoms. The number of methoxy groups -OCH3 is 2. The molecule has 2 rings (SSSR count). The smallest absolute Gasteiger partial charge is 0.343 e. The lowest BCUT2D eigenvalue weighted by Gasteiger charge is -2.11. The average molecular weight is 647 g/mol. The van der Waals surface area contributed by atoms with Gasteiger partial charge in [-0.1, -0.05) is 87.1 Å². The molecule has 42 heavy (non-hydrogen) atoms. The Kier molecular flexibility index (Phi) is 17.0. The molecule has 0 atom stereocenters. The maximum atomic E-state index is 12.8. The summed E-state index contributed by atoms with van der Waals surface area (Å²) in [6, 6.07) is 9.74. The van der Waals surface area contributed by atoms with Gasteiger partial charge in [-0.25, -0.2) is 10.2 Å². The highest BCUT2D eigenvalue weighted by atomic mass is 79.9. The highest BCUT2D eigenvalue weighted by Gasteiger charge is 2.15. The Morgan fingerprint density at radius 1 is 0.786 bits per heavy atom. The number of ether oxygens (including phenoxy) is 3. The average Bonchev–Trinajstić information content (AvgIpc) is 2.99. The summed E-state index contributed by atoms with van der Waals surface area (Å²) in [5.41, 5.74) is 3.12. The summed E-state index contributed by atoms with van der Waals surface area (Å²) >= 11 is 3.39. The first-order valence-corrected chi connectivity index (χ1v) is 15.5. The van der Waals surface area contributed by atoms with Gasteiger partial charge < -0.3 is 19.5 Å². The molecule has 0 fully saturated rings. The fraction of sp³-hybridized carbons (Fsp3) is 0.500. The second-order valence-corrected chi connectivity index (χ2v) is 10.9. The van der Waals surface area contributed by atoms with E-state index in [1.54, 1.807) is 30.3 Å². The summed E-state index contributed by atoms with van der Waals surface area (Å²) in [5.74, 6) is -0.0720. The van der Waals surface area contributed by atoms with Crippen LogP contribution >= 0.6 is 15.9 Å². The Hall–Kier alpha value is -3.40. The van der Waals surface area contributed by atoms with Crippen molar-refractivity contribution in [3.63, 3.8) is 0 Å². The lowest BCUT2D eigenvalue weighted by Crippen LogP contribution is -2.34.